The molecule has 1 amide bonds. The molecule has 0 bridgehead atoms. The fraction of sp³-hybridized carbons (Fsp3) is 0.0455. The van der Waals surface area contributed by atoms with Gasteiger partial charge in [-0.25, -0.2) is 10.4 Å². The molecule has 160 valence electrons. The average Bonchev–Trinajstić information content (AvgIpc) is 3.21. The van der Waals surface area contributed by atoms with Gasteiger partial charge in [-0.05, 0) is 30.3 Å². The molecule has 0 fully saturated rings. The lowest BCUT2D eigenvalue weighted by Gasteiger charge is -2.04. The maximum absolute atomic E-state index is 11.8. The molecule has 32 heavy (non-hydrogen) atoms. The van der Waals surface area contributed by atoms with Gasteiger partial charge in [-0.3, -0.25) is 14.9 Å². The molecular formula is C22H16N4O4S2. The number of nitrogens with zero attached hydrogens (tertiary/aromatic N) is 3. The van der Waals surface area contributed by atoms with Crippen LogP contribution in [0.5, 0.6) is 5.75 Å². The Balaban J connectivity index is 1.40. The highest BCUT2D eigenvalue weighted by atomic mass is 32.2. The first-order chi connectivity index (χ1) is 15.6. The first kappa shape index (κ1) is 21.5. The summed E-state index contributed by atoms with van der Waals surface area (Å²) in [6, 6.07) is 21.4. The standard InChI is InChI=1S/C22H16N4O4S2/c27-21(14-30-16-6-2-1-3-7-16)25-23-13-15-10-11-20(18(12-15)26(28)29)32-22-24-17-8-4-5-9-19(17)31-22/h1-13H,14H2,(H,25,27)/b23-13-. The Morgan fingerprint density at radius 1 is 1.16 bits per heavy atom. The zero-order valence-electron chi connectivity index (χ0n) is 16.5. The monoisotopic (exact) mass is 464 g/mol. The molecule has 0 unspecified atom stereocenters. The molecule has 0 saturated carbocycles. The fourth-order valence-electron chi connectivity index (χ4n) is 2.71. The number of thiazole rings is 1. The van der Waals surface area contributed by atoms with E-state index in [1.54, 1.807) is 36.4 Å². The van der Waals surface area contributed by atoms with E-state index in [1.165, 1.54) is 35.4 Å². The second-order valence-electron chi connectivity index (χ2n) is 6.43. The number of carbonyl (C=O) groups is 1. The number of ether oxygens (including phenoxy) is 1. The number of hydrogen-bond donors (Lipinski definition) is 1. The summed E-state index contributed by atoms with van der Waals surface area (Å²) in [5.74, 6) is 0.131. The van der Waals surface area contributed by atoms with Crippen molar-refractivity contribution in [3.05, 3.63) is 88.5 Å². The van der Waals surface area contributed by atoms with Gasteiger partial charge in [0.05, 0.1) is 26.3 Å². The minimum Gasteiger partial charge on any atom is -0.484 e. The highest BCUT2D eigenvalue weighted by Gasteiger charge is 2.17. The van der Waals surface area contributed by atoms with E-state index < -0.39 is 10.8 Å². The Morgan fingerprint density at radius 2 is 1.94 bits per heavy atom. The molecule has 0 aliphatic rings. The van der Waals surface area contributed by atoms with Crippen LogP contribution in [-0.4, -0.2) is 28.6 Å². The predicted octanol–water partition coefficient (Wildman–Crippen LogP) is 4.88. The van der Waals surface area contributed by atoms with Gasteiger partial charge in [-0.1, -0.05) is 48.2 Å². The highest BCUT2D eigenvalue weighted by molar-refractivity contribution is 8.01. The molecule has 0 radical (unpaired) electrons. The molecular weight excluding hydrogens is 448 g/mol. The molecule has 1 heterocycles. The van der Waals surface area contributed by atoms with E-state index in [9.17, 15) is 14.9 Å². The summed E-state index contributed by atoms with van der Waals surface area (Å²) in [6.07, 6.45) is 1.35. The van der Waals surface area contributed by atoms with Crippen molar-refractivity contribution in [2.75, 3.05) is 6.61 Å². The molecule has 10 heteroatoms. The van der Waals surface area contributed by atoms with Crippen LogP contribution in [0.2, 0.25) is 0 Å². The molecule has 3 aromatic carbocycles. The number of amides is 1. The maximum Gasteiger partial charge on any atom is 0.283 e. The van der Waals surface area contributed by atoms with Crippen LogP contribution in [0.25, 0.3) is 10.2 Å². The Kier molecular flexibility index (Phi) is 6.73. The first-order valence-corrected chi connectivity index (χ1v) is 11.0. The van der Waals surface area contributed by atoms with E-state index in [-0.39, 0.29) is 12.3 Å². The normalized spacial score (nSPS) is 11.0. The van der Waals surface area contributed by atoms with E-state index in [0.717, 1.165) is 14.6 Å². The summed E-state index contributed by atoms with van der Waals surface area (Å²) < 4.78 is 7.08. The van der Waals surface area contributed by atoms with Gasteiger partial charge >= 0.3 is 0 Å². The number of nitro benzene ring substituents is 1. The van der Waals surface area contributed by atoms with E-state index in [1.807, 2.05) is 30.3 Å². The third-order valence-electron chi connectivity index (χ3n) is 4.17. The van der Waals surface area contributed by atoms with Gasteiger partial charge in [0.25, 0.3) is 11.6 Å². The van der Waals surface area contributed by atoms with Crippen LogP contribution in [0, 0.1) is 10.1 Å². The topological polar surface area (TPSA) is 107 Å². The quantitative estimate of drug-likeness (QED) is 0.226. The average molecular weight is 465 g/mol. The first-order valence-electron chi connectivity index (χ1n) is 9.40. The number of hydrazone groups is 1. The van der Waals surface area contributed by atoms with E-state index >= 15 is 0 Å². The second kappa shape index (κ2) is 10.0. The van der Waals surface area contributed by atoms with Crippen molar-refractivity contribution in [3.63, 3.8) is 0 Å². The largest absolute Gasteiger partial charge is 0.484 e. The molecule has 4 rings (SSSR count). The zero-order valence-corrected chi connectivity index (χ0v) is 18.1. The Labute approximate surface area is 191 Å². The second-order valence-corrected chi connectivity index (χ2v) is 8.75. The highest BCUT2D eigenvalue weighted by Crippen LogP contribution is 2.38. The minimum atomic E-state index is -0.445. The van der Waals surface area contributed by atoms with Crippen LogP contribution in [0.3, 0.4) is 0 Å². The molecule has 1 N–H and O–H groups in total. The Morgan fingerprint density at radius 3 is 2.72 bits per heavy atom. The number of aromatic nitrogens is 1. The zero-order chi connectivity index (χ0) is 22.3. The number of para-hydroxylation sites is 2. The van der Waals surface area contributed by atoms with Crippen LogP contribution in [-0.2, 0) is 4.79 Å². The summed E-state index contributed by atoms with van der Waals surface area (Å²) in [4.78, 5) is 28.0. The number of fused-ring (bicyclic) bond motifs is 1. The van der Waals surface area contributed by atoms with Gasteiger partial charge in [0.1, 0.15) is 5.75 Å². The number of nitrogens with one attached hydrogen (secondary N) is 1. The van der Waals surface area contributed by atoms with Gasteiger partial charge in [0, 0.05) is 11.6 Å². The third-order valence-corrected chi connectivity index (χ3v) is 6.33. The fourth-order valence-corrected chi connectivity index (χ4v) is 4.82. The smallest absolute Gasteiger partial charge is 0.283 e. The van der Waals surface area contributed by atoms with Crippen LogP contribution in [0.1, 0.15) is 5.56 Å². The van der Waals surface area contributed by atoms with Gasteiger partial charge in [0.15, 0.2) is 10.9 Å². The summed E-state index contributed by atoms with van der Waals surface area (Å²) >= 11 is 2.73. The van der Waals surface area contributed by atoms with Gasteiger partial charge < -0.3 is 4.74 Å². The maximum atomic E-state index is 11.8. The molecule has 0 atom stereocenters. The lowest BCUT2D eigenvalue weighted by molar-refractivity contribution is -0.387. The van der Waals surface area contributed by atoms with Crippen molar-refractivity contribution >= 4 is 51.1 Å². The molecule has 4 aromatic rings. The van der Waals surface area contributed by atoms with Crippen molar-refractivity contribution in [1.82, 2.24) is 10.4 Å². The van der Waals surface area contributed by atoms with Gasteiger partial charge in [-0.15, -0.1) is 11.3 Å². The number of rotatable bonds is 8. The summed E-state index contributed by atoms with van der Waals surface area (Å²) in [5.41, 5.74) is 3.62. The van der Waals surface area contributed by atoms with Crippen molar-refractivity contribution < 1.29 is 14.5 Å². The number of hydrogen-bond acceptors (Lipinski definition) is 8. The van der Waals surface area contributed by atoms with E-state index in [0.29, 0.717) is 16.2 Å². The summed E-state index contributed by atoms with van der Waals surface area (Å²) in [7, 11) is 0. The number of nitro groups is 1. The Hall–Kier alpha value is -3.76. The molecule has 0 aliphatic carbocycles. The number of benzene rings is 3. The third kappa shape index (κ3) is 5.48. The summed E-state index contributed by atoms with van der Waals surface area (Å²) in [6.45, 7) is -0.195. The lowest BCUT2D eigenvalue weighted by atomic mass is 10.2. The van der Waals surface area contributed by atoms with Crippen LogP contribution in [0.4, 0.5) is 5.69 Å². The predicted molar refractivity (Wildman–Crippen MR) is 125 cm³/mol. The summed E-state index contributed by atoms with van der Waals surface area (Å²) in [5, 5.41) is 15.4. The molecule has 0 spiro atoms. The van der Waals surface area contributed by atoms with Crippen molar-refractivity contribution in [1.29, 1.82) is 0 Å². The minimum absolute atomic E-state index is 0.0584. The van der Waals surface area contributed by atoms with Gasteiger partial charge in [-0.2, -0.15) is 5.10 Å². The van der Waals surface area contributed by atoms with Crippen LogP contribution in [0.15, 0.2) is 87.1 Å². The van der Waals surface area contributed by atoms with Gasteiger partial charge in [0.2, 0.25) is 0 Å². The Bertz CT molecular complexity index is 1260. The number of carbonyl (C=O) groups excluding carboxylic acids is 1. The molecule has 8 nitrogen and oxygen atoms in total. The van der Waals surface area contributed by atoms with E-state index in [4.69, 9.17) is 4.74 Å². The molecule has 1 aromatic heterocycles. The van der Waals surface area contributed by atoms with Crippen LogP contribution >= 0.6 is 23.1 Å². The SMILES string of the molecule is O=C(COc1ccccc1)N/N=C\c1ccc(Sc2nc3ccccc3s2)c([N+](=O)[O-])c1. The van der Waals surface area contributed by atoms with Crippen LogP contribution < -0.4 is 10.2 Å². The molecule has 0 aliphatic heterocycles. The lowest BCUT2D eigenvalue weighted by Crippen LogP contribution is -2.24. The van der Waals surface area contributed by atoms with E-state index in [2.05, 4.69) is 15.5 Å². The van der Waals surface area contributed by atoms with Crippen molar-refractivity contribution in [2.45, 2.75) is 9.24 Å². The van der Waals surface area contributed by atoms with Crippen molar-refractivity contribution in [2.24, 2.45) is 5.10 Å². The van der Waals surface area contributed by atoms with Crippen molar-refractivity contribution in [3.8, 4) is 5.75 Å². The molecule has 0 saturated heterocycles.